The van der Waals surface area contributed by atoms with Crippen LogP contribution in [0.5, 0.6) is 11.5 Å². The minimum Gasteiger partial charge on any atom is -0.496 e. The zero-order valence-corrected chi connectivity index (χ0v) is 15.3. The molecule has 6 nitrogen and oxygen atoms in total. The zero-order valence-electron chi connectivity index (χ0n) is 14.4. The molecule has 0 aliphatic heterocycles. The summed E-state index contributed by atoms with van der Waals surface area (Å²) in [6.45, 7) is 4.37. The highest BCUT2D eigenvalue weighted by atomic mass is 32.1. The molecule has 0 unspecified atom stereocenters. The fourth-order valence-corrected chi connectivity index (χ4v) is 3.29. The molecule has 0 aliphatic carbocycles. The van der Waals surface area contributed by atoms with Crippen LogP contribution in [0.25, 0.3) is 22.3 Å². The van der Waals surface area contributed by atoms with E-state index in [0.29, 0.717) is 11.8 Å². The number of anilines is 1. The van der Waals surface area contributed by atoms with Crippen molar-refractivity contribution >= 4 is 27.4 Å². The van der Waals surface area contributed by atoms with Gasteiger partial charge in [-0.2, -0.15) is 0 Å². The summed E-state index contributed by atoms with van der Waals surface area (Å²) in [5.41, 5.74) is 2.31. The van der Waals surface area contributed by atoms with E-state index in [1.165, 1.54) is 0 Å². The highest BCUT2D eigenvalue weighted by Gasteiger charge is 2.12. The number of hydrogen-bond donors (Lipinski definition) is 2. The molecule has 0 amide bonds. The minimum absolute atomic E-state index is 0.0285. The number of aliphatic hydroxyl groups is 1. The second-order valence-electron chi connectivity index (χ2n) is 5.80. The van der Waals surface area contributed by atoms with Gasteiger partial charge in [0, 0.05) is 28.9 Å². The fraction of sp³-hybridized carbons (Fsp3) is 0.333. The van der Waals surface area contributed by atoms with E-state index in [4.69, 9.17) is 19.6 Å². The van der Waals surface area contributed by atoms with Crippen molar-refractivity contribution in [2.45, 2.75) is 19.9 Å². The molecule has 0 radical (unpaired) electrons. The van der Waals surface area contributed by atoms with Gasteiger partial charge >= 0.3 is 0 Å². The molecule has 0 aliphatic rings. The van der Waals surface area contributed by atoms with Gasteiger partial charge < -0.3 is 19.9 Å². The van der Waals surface area contributed by atoms with Gasteiger partial charge in [0.05, 0.1) is 24.9 Å². The number of aliphatic hydroxyl groups excluding tert-OH is 1. The van der Waals surface area contributed by atoms with Crippen LogP contribution >= 0.6 is 11.3 Å². The summed E-state index contributed by atoms with van der Waals surface area (Å²) in [7, 11) is 1.64. The van der Waals surface area contributed by atoms with Crippen molar-refractivity contribution in [3.05, 3.63) is 29.6 Å². The third-order valence-corrected chi connectivity index (χ3v) is 4.28. The Hall–Kier alpha value is -2.38. The number of aromatic nitrogens is 2. The molecule has 1 aromatic carbocycles. The van der Waals surface area contributed by atoms with Crippen LogP contribution < -0.4 is 14.8 Å². The first-order valence-electron chi connectivity index (χ1n) is 8.05. The van der Waals surface area contributed by atoms with Crippen LogP contribution in [-0.4, -0.2) is 41.4 Å². The summed E-state index contributed by atoms with van der Waals surface area (Å²) in [5, 5.41) is 15.9. The van der Waals surface area contributed by atoms with Gasteiger partial charge in [-0.3, -0.25) is 0 Å². The molecule has 25 heavy (non-hydrogen) atoms. The van der Waals surface area contributed by atoms with E-state index in [0.717, 1.165) is 33.2 Å². The molecule has 2 heterocycles. The maximum Gasteiger partial charge on any atom is 0.183 e. The summed E-state index contributed by atoms with van der Waals surface area (Å²) in [5.74, 6) is 1.40. The number of nitrogens with one attached hydrogen (secondary N) is 1. The molecule has 0 fully saturated rings. The van der Waals surface area contributed by atoms with Gasteiger partial charge in [0.1, 0.15) is 23.8 Å². The molecule has 0 atom stereocenters. The van der Waals surface area contributed by atoms with Crippen LogP contribution in [0.4, 0.5) is 5.13 Å². The quantitative estimate of drug-likeness (QED) is 0.672. The van der Waals surface area contributed by atoms with E-state index in [9.17, 15) is 0 Å². The molecule has 0 spiro atoms. The Morgan fingerprint density at radius 2 is 2.04 bits per heavy atom. The Balaban J connectivity index is 2.01. The number of hydrogen-bond acceptors (Lipinski definition) is 7. The molecule has 3 aromatic rings. The van der Waals surface area contributed by atoms with E-state index in [1.807, 2.05) is 29.6 Å². The van der Waals surface area contributed by atoms with E-state index >= 15 is 0 Å². The van der Waals surface area contributed by atoms with Crippen molar-refractivity contribution in [3.8, 4) is 22.9 Å². The lowest BCUT2D eigenvalue weighted by molar-refractivity contribution is 0.201. The maximum absolute atomic E-state index is 8.91. The molecule has 2 aromatic heterocycles. The topological polar surface area (TPSA) is 76.5 Å². The Morgan fingerprint density at radius 1 is 1.20 bits per heavy atom. The molecule has 2 N–H and O–H groups in total. The molecular formula is C18H21N3O3S. The van der Waals surface area contributed by atoms with Crippen LogP contribution in [0.15, 0.2) is 29.6 Å². The highest BCUT2D eigenvalue weighted by molar-refractivity contribution is 7.14. The molecular weight excluding hydrogens is 338 g/mol. The number of rotatable bonds is 7. The largest absolute Gasteiger partial charge is 0.496 e. The number of methoxy groups -OCH3 is 1. The van der Waals surface area contributed by atoms with E-state index in [2.05, 4.69) is 24.1 Å². The number of fused-ring (bicyclic) bond motifs is 1. The molecule has 132 valence electrons. The molecule has 0 saturated carbocycles. The highest BCUT2D eigenvalue weighted by Crippen LogP contribution is 2.33. The molecule has 3 rings (SSSR count). The van der Waals surface area contributed by atoms with Crippen molar-refractivity contribution in [1.29, 1.82) is 0 Å². The summed E-state index contributed by atoms with van der Waals surface area (Å²) in [4.78, 5) is 9.31. The number of nitrogens with zero attached hydrogens (tertiary/aromatic N) is 2. The number of ether oxygens (including phenoxy) is 2. The lowest BCUT2D eigenvalue weighted by atomic mass is 10.1. The van der Waals surface area contributed by atoms with Crippen molar-refractivity contribution in [2.75, 3.05) is 25.6 Å². The molecule has 0 bridgehead atoms. The standard InChI is InChI=1S/C18H21N3O3S/c1-11(2)19-18-21-16(10-25-18)15-9-17(23-3)13-5-4-12(24-7-6-22)8-14(13)20-15/h4-5,8-11,22H,6-7H2,1-3H3,(H,19,21). The SMILES string of the molecule is COc1cc(-c2csc(NC(C)C)n2)nc2cc(OCCO)ccc12. The van der Waals surface area contributed by atoms with Crippen molar-refractivity contribution < 1.29 is 14.6 Å². The lowest BCUT2D eigenvalue weighted by Crippen LogP contribution is -2.09. The van der Waals surface area contributed by atoms with E-state index in [-0.39, 0.29) is 13.2 Å². The molecule has 7 heteroatoms. The van der Waals surface area contributed by atoms with Gasteiger partial charge in [-0.1, -0.05) is 0 Å². The average molecular weight is 359 g/mol. The van der Waals surface area contributed by atoms with Crippen LogP contribution in [0.1, 0.15) is 13.8 Å². The summed E-state index contributed by atoms with van der Waals surface area (Å²) in [6.07, 6.45) is 0. The second-order valence-corrected chi connectivity index (χ2v) is 6.66. The third-order valence-electron chi connectivity index (χ3n) is 3.50. The summed E-state index contributed by atoms with van der Waals surface area (Å²) in [6, 6.07) is 7.81. The summed E-state index contributed by atoms with van der Waals surface area (Å²) < 4.78 is 11.0. The van der Waals surface area contributed by atoms with Gasteiger partial charge in [-0.05, 0) is 26.0 Å². The first kappa shape index (κ1) is 17.4. The van der Waals surface area contributed by atoms with Gasteiger partial charge in [-0.25, -0.2) is 9.97 Å². The number of thiazole rings is 1. The van der Waals surface area contributed by atoms with Crippen LogP contribution in [0.3, 0.4) is 0 Å². The van der Waals surface area contributed by atoms with Gasteiger partial charge in [0.2, 0.25) is 0 Å². The maximum atomic E-state index is 8.91. The normalized spacial score (nSPS) is 11.1. The smallest absolute Gasteiger partial charge is 0.183 e. The second kappa shape index (κ2) is 7.67. The predicted molar refractivity (Wildman–Crippen MR) is 101 cm³/mol. The van der Waals surface area contributed by atoms with Gasteiger partial charge in [0.15, 0.2) is 5.13 Å². The van der Waals surface area contributed by atoms with Crippen LogP contribution in [0.2, 0.25) is 0 Å². The van der Waals surface area contributed by atoms with Crippen molar-refractivity contribution in [2.24, 2.45) is 0 Å². The predicted octanol–water partition coefficient (Wildman–Crippen LogP) is 3.56. The Kier molecular flexibility index (Phi) is 5.35. The Labute approximate surface area is 150 Å². The fourth-order valence-electron chi connectivity index (χ4n) is 2.43. The summed E-state index contributed by atoms with van der Waals surface area (Å²) >= 11 is 1.55. The lowest BCUT2D eigenvalue weighted by Gasteiger charge is -2.10. The van der Waals surface area contributed by atoms with Crippen molar-refractivity contribution in [3.63, 3.8) is 0 Å². The zero-order chi connectivity index (χ0) is 17.8. The Bertz CT molecular complexity index is 864. The number of benzene rings is 1. The first-order valence-corrected chi connectivity index (χ1v) is 8.93. The molecule has 0 saturated heterocycles. The Morgan fingerprint density at radius 3 is 2.76 bits per heavy atom. The number of pyridine rings is 1. The van der Waals surface area contributed by atoms with Crippen LogP contribution in [-0.2, 0) is 0 Å². The van der Waals surface area contributed by atoms with E-state index < -0.39 is 0 Å². The van der Waals surface area contributed by atoms with Gasteiger partial charge in [0.25, 0.3) is 0 Å². The third kappa shape index (κ3) is 4.00. The van der Waals surface area contributed by atoms with E-state index in [1.54, 1.807) is 18.4 Å². The van der Waals surface area contributed by atoms with Crippen LogP contribution in [0, 0.1) is 0 Å². The monoisotopic (exact) mass is 359 g/mol. The van der Waals surface area contributed by atoms with Crippen molar-refractivity contribution in [1.82, 2.24) is 9.97 Å². The average Bonchev–Trinajstić information content (AvgIpc) is 3.06. The first-order chi connectivity index (χ1) is 12.1. The minimum atomic E-state index is -0.0285. The van der Waals surface area contributed by atoms with Gasteiger partial charge in [-0.15, -0.1) is 11.3 Å².